The Labute approximate surface area is 218 Å². The molecule has 0 saturated carbocycles. The lowest BCUT2D eigenvalue weighted by Gasteiger charge is -2.32. The van der Waals surface area contributed by atoms with Crippen molar-refractivity contribution in [3.05, 3.63) is 82.7 Å². The molecule has 10 heteroatoms. The average Bonchev–Trinajstić information content (AvgIpc) is 3.55. The monoisotopic (exact) mass is 519 g/mol. The van der Waals surface area contributed by atoms with Crippen LogP contribution in [0, 0.1) is 11.6 Å². The summed E-state index contributed by atoms with van der Waals surface area (Å²) in [6.07, 6.45) is 5.08. The minimum absolute atomic E-state index is 0.0296. The molecule has 2 fully saturated rings. The third-order valence-corrected chi connectivity index (χ3v) is 7.84. The van der Waals surface area contributed by atoms with Crippen LogP contribution in [-0.4, -0.2) is 56.4 Å². The number of piperidine rings is 2. The van der Waals surface area contributed by atoms with E-state index in [1.165, 1.54) is 4.90 Å². The van der Waals surface area contributed by atoms with Crippen LogP contribution in [0.25, 0.3) is 5.69 Å². The molecule has 1 aromatic heterocycles. The zero-order valence-corrected chi connectivity index (χ0v) is 20.7. The van der Waals surface area contributed by atoms with Crippen molar-refractivity contribution in [2.45, 2.75) is 50.7 Å². The number of halogens is 2. The van der Waals surface area contributed by atoms with Gasteiger partial charge >= 0.3 is 0 Å². The molecule has 0 spiro atoms. The summed E-state index contributed by atoms with van der Waals surface area (Å²) in [6, 6.07) is 10.3. The third-order valence-electron chi connectivity index (χ3n) is 7.84. The largest absolute Gasteiger partial charge is 0.322 e. The number of hydrogen-bond acceptors (Lipinski definition) is 5. The number of fused-ring (bicyclic) bond motifs is 1. The predicted octanol–water partition coefficient (Wildman–Crippen LogP) is 3.29. The van der Waals surface area contributed by atoms with Gasteiger partial charge in [0, 0.05) is 36.5 Å². The third kappa shape index (κ3) is 4.38. The van der Waals surface area contributed by atoms with Gasteiger partial charge in [-0.15, -0.1) is 0 Å². The minimum Gasteiger partial charge on any atom is -0.322 e. The number of hydrogen-bond donors (Lipinski definition) is 1. The molecule has 3 aliphatic heterocycles. The van der Waals surface area contributed by atoms with Crippen LogP contribution in [0.3, 0.4) is 0 Å². The van der Waals surface area contributed by atoms with E-state index in [0.717, 1.165) is 23.9 Å². The summed E-state index contributed by atoms with van der Waals surface area (Å²) in [5.74, 6) is -3.26. The number of nitrogens with zero attached hydrogens (tertiary/aromatic N) is 4. The van der Waals surface area contributed by atoms with E-state index in [9.17, 15) is 14.4 Å². The van der Waals surface area contributed by atoms with E-state index in [1.807, 2.05) is 24.4 Å². The maximum absolute atomic E-state index is 15.7. The molecular weight excluding hydrogens is 492 g/mol. The highest BCUT2D eigenvalue weighted by molar-refractivity contribution is 6.05. The Morgan fingerprint density at radius 3 is 2.58 bits per heavy atom. The van der Waals surface area contributed by atoms with Crippen molar-refractivity contribution in [2.24, 2.45) is 0 Å². The van der Waals surface area contributed by atoms with Gasteiger partial charge in [0.25, 0.3) is 5.91 Å². The van der Waals surface area contributed by atoms with Gasteiger partial charge in [-0.1, -0.05) is 12.1 Å². The summed E-state index contributed by atoms with van der Waals surface area (Å²) in [5.41, 5.74) is 2.24. The van der Waals surface area contributed by atoms with Crippen LogP contribution in [0.4, 0.5) is 8.78 Å². The van der Waals surface area contributed by atoms with Crippen LogP contribution in [-0.2, 0) is 22.7 Å². The molecule has 8 nitrogen and oxygen atoms in total. The van der Waals surface area contributed by atoms with Crippen LogP contribution in [0.2, 0.25) is 0 Å². The summed E-state index contributed by atoms with van der Waals surface area (Å²) in [4.78, 5) is 40.3. The van der Waals surface area contributed by atoms with Gasteiger partial charge in [-0.25, -0.2) is 13.5 Å². The van der Waals surface area contributed by atoms with Gasteiger partial charge in [-0.05, 0) is 68.1 Å². The molecule has 3 amide bonds. The molecule has 0 radical (unpaired) electrons. The SMILES string of the molecule is O=C1CCC(N2Cc3c(cc(F)c(C4CCN(Cc5cccc(-n6cccn6)c5)CC4)c3F)C2=O)C(=O)N1. The van der Waals surface area contributed by atoms with E-state index >= 15 is 8.78 Å². The smallest absolute Gasteiger partial charge is 0.255 e. The van der Waals surface area contributed by atoms with Crippen molar-refractivity contribution < 1.29 is 23.2 Å². The number of aromatic nitrogens is 2. The molecule has 3 aliphatic rings. The van der Waals surface area contributed by atoms with Crippen LogP contribution < -0.4 is 5.32 Å². The number of benzene rings is 2. The molecule has 196 valence electrons. The normalized spacial score (nSPS) is 20.6. The number of imide groups is 1. The lowest BCUT2D eigenvalue weighted by atomic mass is 9.86. The van der Waals surface area contributed by atoms with Crippen LogP contribution in [0.15, 0.2) is 48.8 Å². The highest BCUT2D eigenvalue weighted by Crippen LogP contribution is 2.38. The zero-order chi connectivity index (χ0) is 26.4. The Bertz CT molecular complexity index is 1420. The molecule has 2 aromatic carbocycles. The molecule has 1 N–H and O–H groups in total. The van der Waals surface area contributed by atoms with Gasteiger partial charge in [0.05, 0.1) is 17.8 Å². The second-order valence-corrected chi connectivity index (χ2v) is 10.2. The summed E-state index contributed by atoms with van der Waals surface area (Å²) in [7, 11) is 0. The van der Waals surface area contributed by atoms with Crippen molar-refractivity contribution in [1.82, 2.24) is 24.9 Å². The number of amides is 3. The Morgan fingerprint density at radius 1 is 1.03 bits per heavy atom. The van der Waals surface area contributed by atoms with Gasteiger partial charge in [0.2, 0.25) is 11.8 Å². The number of carbonyl (C=O) groups excluding carboxylic acids is 3. The molecule has 38 heavy (non-hydrogen) atoms. The maximum Gasteiger partial charge on any atom is 0.255 e. The summed E-state index contributed by atoms with van der Waals surface area (Å²) < 4.78 is 32.8. The fraction of sp³-hybridized carbons (Fsp3) is 0.357. The number of rotatable bonds is 5. The lowest BCUT2D eigenvalue weighted by Crippen LogP contribution is -2.52. The van der Waals surface area contributed by atoms with E-state index in [4.69, 9.17) is 0 Å². The van der Waals surface area contributed by atoms with Crippen molar-refractivity contribution >= 4 is 17.7 Å². The molecule has 6 rings (SSSR count). The maximum atomic E-state index is 15.7. The highest BCUT2D eigenvalue weighted by atomic mass is 19.1. The fourth-order valence-corrected chi connectivity index (χ4v) is 5.88. The topological polar surface area (TPSA) is 87.5 Å². The molecule has 4 heterocycles. The lowest BCUT2D eigenvalue weighted by molar-refractivity contribution is -0.136. The van der Waals surface area contributed by atoms with E-state index in [0.29, 0.717) is 25.9 Å². The van der Waals surface area contributed by atoms with Gasteiger partial charge in [-0.2, -0.15) is 5.10 Å². The number of carbonyl (C=O) groups is 3. The molecule has 1 unspecified atom stereocenters. The van der Waals surface area contributed by atoms with Gasteiger partial charge in [0.1, 0.15) is 17.7 Å². The molecule has 3 aromatic rings. The predicted molar refractivity (Wildman–Crippen MR) is 133 cm³/mol. The van der Waals surface area contributed by atoms with Crippen molar-refractivity contribution in [3.8, 4) is 5.69 Å². The second kappa shape index (κ2) is 9.75. The van der Waals surface area contributed by atoms with Crippen molar-refractivity contribution in [3.63, 3.8) is 0 Å². The first-order valence-corrected chi connectivity index (χ1v) is 12.9. The van der Waals surface area contributed by atoms with Gasteiger partial charge in [-0.3, -0.25) is 24.6 Å². The summed E-state index contributed by atoms with van der Waals surface area (Å²) >= 11 is 0. The molecular formula is C28H27F2N5O3. The van der Waals surface area contributed by atoms with E-state index in [2.05, 4.69) is 27.4 Å². The summed E-state index contributed by atoms with van der Waals surface area (Å²) in [5, 5.41) is 6.50. The molecule has 0 aliphatic carbocycles. The fourth-order valence-electron chi connectivity index (χ4n) is 5.88. The van der Waals surface area contributed by atoms with Crippen LogP contribution in [0.1, 0.15) is 58.6 Å². The number of likely N-dealkylation sites (tertiary alicyclic amines) is 1. The van der Waals surface area contributed by atoms with Crippen LogP contribution >= 0.6 is 0 Å². The highest BCUT2D eigenvalue weighted by Gasteiger charge is 2.42. The van der Waals surface area contributed by atoms with Crippen LogP contribution in [0.5, 0.6) is 0 Å². The average molecular weight is 520 g/mol. The summed E-state index contributed by atoms with van der Waals surface area (Å²) in [6.45, 7) is 2.00. The molecule has 1 atom stereocenters. The van der Waals surface area contributed by atoms with Crippen molar-refractivity contribution in [1.29, 1.82) is 0 Å². The Morgan fingerprint density at radius 2 is 1.84 bits per heavy atom. The molecule has 0 bridgehead atoms. The van der Waals surface area contributed by atoms with E-state index < -0.39 is 35.4 Å². The Balaban J connectivity index is 1.15. The van der Waals surface area contributed by atoms with Gasteiger partial charge in [0.15, 0.2) is 0 Å². The first kappa shape index (κ1) is 24.4. The first-order valence-electron chi connectivity index (χ1n) is 12.9. The Hall–Kier alpha value is -3.92. The molecule has 2 saturated heterocycles. The van der Waals surface area contributed by atoms with E-state index in [1.54, 1.807) is 10.9 Å². The van der Waals surface area contributed by atoms with Gasteiger partial charge < -0.3 is 4.90 Å². The number of nitrogens with one attached hydrogen (secondary N) is 1. The zero-order valence-electron chi connectivity index (χ0n) is 20.7. The standard InChI is InChI=1S/C28H27F2N5O3/c29-22-14-20-21(16-34(28(20)38)23-5-6-24(36)32-27(23)37)26(30)25(22)18-7-11-33(12-8-18)15-17-3-1-4-19(13-17)35-10-2-9-31-35/h1-4,9-10,13-14,18,23H,5-8,11-12,15-16H2,(H,32,36,37). The first-order chi connectivity index (χ1) is 18.4. The van der Waals surface area contributed by atoms with E-state index in [-0.39, 0.29) is 42.0 Å². The minimum atomic E-state index is -0.867. The van der Waals surface area contributed by atoms with Crippen molar-refractivity contribution in [2.75, 3.05) is 13.1 Å². The Kier molecular flexibility index (Phi) is 6.27. The second-order valence-electron chi connectivity index (χ2n) is 10.2. The quantitative estimate of drug-likeness (QED) is 0.523.